The molecule has 4 aromatic rings. The van der Waals surface area contributed by atoms with Crippen LogP contribution in [0.15, 0.2) is 48.8 Å². The number of para-hydroxylation sites is 1. The average molecular weight is 420 g/mol. The lowest BCUT2D eigenvalue weighted by molar-refractivity contribution is 0.0690. The summed E-state index contributed by atoms with van der Waals surface area (Å²) in [6, 6.07) is 12.6. The number of carbonyl (C=O) groups is 2. The molecule has 4 heterocycles. The zero-order chi connectivity index (χ0) is 20.7. The number of carbonyl (C=O) groups excluding carboxylic acids is 1. The van der Waals surface area contributed by atoms with E-state index in [0.29, 0.717) is 36.3 Å². The second-order valence-electron chi connectivity index (χ2n) is 6.78. The minimum absolute atomic E-state index is 0.0135. The van der Waals surface area contributed by atoms with Crippen molar-refractivity contribution in [1.82, 2.24) is 19.5 Å². The Balaban J connectivity index is 1.39. The molecule has 5 rings (SSSR count). The maximum Gasteiger partial charge on any atom is 0.354 e. The number of rotatable bonds is 4. The van der Waals surface area contributed by atoms with Gasteiger partial charge < -0.3 is 14.6 Å². The Labute approximate surface area is 174 Å². The zero-order valence-corrected chi connectivity index (χ0v) is 16.5. The van der Waals surface area contributed by atoms with Crippen LogP contribution in [0.5, 0.6) is 0 Å². The highest BCUT2D eigenvalue weighted by Gasteiger charge is 2.25. The smallest absolute Gasteiger partial charge is 0.354 e. The zero-order valence-electron chi connectivity index (χ0n) is 15.6. The standard InChI is InChI=1S/C20H16N6O3S/c27-18(24-20-23-12-4-1-2-6-15(12)30-20)17-14-10-25(8-9-26(14)11-21-17)16-7-3-5-13(22-16)19(28)29/h1-7,11H,8-10H2,(H,28,29)(H,23,24,27). The van der Waals surface area contributed by atoms with Crippen LogP contribution in [0.1, 0.15) is 26.7 Å². The van der Waals surface area contributed by atoms with Crippen molar-refractivity contribution >= 4 is 44.4 Å². The molecule has 3 aromatic heterocycles. The summed E-state index contributed by atoms with van der Waals surface area (Å²) in [6.07, 6.45) is 1.65. The predicted octanol–water partition coefficient (Wildman–Crippen LogP) is 2.86. The van der Waals surface area contributed by atoms with E-state index in [0.717, 1.165) is 15.9 Å². The van der Waals surface area contributed by atoms with E-state index in [1.807, 2.05) is 33.7 Å². The van der Waals surface area contributed by atoms with Crippen molar-refractivity contribution in [3.05, 3.63) is 65.9 Å². The van der Waals surface area contributed by atoms with Gasteiger partial charge in [-0.2, -0.15) is 0 Å². The number of pyridine rings is 1. The van der Waals surface area contributed by atoms with Crippen LogP contribution in [0.3, 0.4) is 0 Å². The fraction of sp³-hybridized carbons (Fsp3) is 0.150. The second kappa shape index (κ2) is 7.23. The Hall–Kier alpha value is -3.79. The molecule has 10 heteroatoms. The number of aromatic carboxylic acids is 1. The SMILES string of the molecule is O=C(O)c1cccc(N2CCn3cnc(C(=O)Nc4nc5ccccc5s4)c3C2)n1. The van der Waals surface area contributed by atoms with Gasteiger partial charge in [-0.3, -0.25) is 10.1 Å². The van der Waals surface area contributed by atoms with Crippen LogP contribution in [-0.4, -0.2) is 43.0 Å². The Morgan fingerprint density at radius 3 is 2.77 bits per heavy atom. The normalized spacial score (nSPS) is 13.3. The number of fused-ring (bicyclic) bond motifs is 2. The van der Waals surface area contributed by atoms with Crippen LogP contribution in [0, 0.1) is 0 Å². The third-order valence-corrected chi connectivity index (χ3v) is 5.86. The number of benzene rings is 1. The highest BCUT2D eigenvalue weighted by Crippen LogP contribution is 2.27. The van der Waals surface area contributed by atoms with Crippen molar-refractivity contribution in [2.75, 3.05) is 16.8 Å². The highest BCUT2D eigenvalue weighted by atomic mass is 32.1. The monoisotopic (exact) mass is 420 g/mol. The van der Waals surface area contributed by atoms with Gasteiger partial charge >= 0.3 is 5.97 Å². The van der Waals surface area contributed by atoms with Gasteiger partial charge in [0.2, 0.25) is 0 Å². The molecule has 0 aliphatic carbocycles. The first-order chi connectivity index (χ1) is 14.6. The van der Waals surface area contributed by atoms with Crippen LogP contribution < -0.4 is 10.2 Å². The molecular formula is C20H16N6O3S. The molecule has 1 aliphatic heterocycles. The molecule has 2 N–H and O–H groups in total. The first-order valence-electron chi connectivity index (χ1n) is 9.25. The van der Waals surface area contributed by atoms with Gasteiger partial charge in [-0.1, -0.05) is 29.5 Å². The molecule has 0 spiro atoms. The molecule has 1 aliphatic rings. The highest BCUT2D eigenvalue weighted by molar-refractivity contribution is 7.22. The Bertz CT molecular complexity index is 1250. The topological polar surface area (TPSA) is 113 Å². The minimum Gasteiger partial charge on any atom is -0.477 e. The molecule has 0 fully saturated rings. The van der Waals surface area contributed by atoms with Gasteiger partial charge in [0.05, 0.1) is 28.8 Å². The quantitative estimate of drug-likeness (QED) is 0.522. The summed E-state index contributed by atoms with van der Waals surface area (Å²) in [7, 11) is 0. The van der Waals surface area contributed by atoms with E-state index in [-0.39, 0.29) is 11.6 Å². The van der Waals surface area contributed by atoms with E-state index in [1.54, 1.807) is 18.5 Å². The van der Waals surface area contributed by atoms with Gasteiger partial charge in [-0.15, -0.1) is 0 Å². The Morgan fingerprint density at radius 1 is 1.07 bits per heavy atom. The molecule has 0 unspecified atom stereocenters. The molecule has 0 atom stereocenters. The molecular weight excluding hydrogens is 404 g/mol. The van der Waals surface area contributed by atoms with Crippen molar-refractivity contribution < 1.29 is 14.7 Å². The lowest BCUT2D eigenvalue weighted by atomic mass is 10.2. The van der Waals surface area contributed by atoms with E-state index in [4.69, 9.17) is 0 Å². The fourth-order valence-electron chi connectivity index (χ4n) is 3.44. The Kier molecular flexibility index (Phi) is 4.40. The van der Waals surface area contributed by atoms with Gasteiger partial charge in [0.1, 0.15) is 5.82 Å². The van der Waals surface area contributed by atoms with Crippen molar-refractivity contribution in [2.24, 2.45) is 0 Å². The molecule has 0 saturated carbocycles. The van der Waals surface area contributed by atoms with Crippen LogP contribution in [0.4, 0.5) is 10.9 Å². The number of imidazole rings is 1. The van der Waals surface area contributed by atoms with Gasteiger partial charge in [-0.25, -0.2) is 19.7 Å². The summed E-state index contributed by atoms with van der Waals surface area (Å²) >= 11 is 1.41. The van der Waals surface area contributed by atoms with Crippen LogP contribution in [0.2, 0.25) is 0 Å². The van der Waals surface area contributed by atoms with Gasteiger partial charge in [0.15, 0.2) is 16.5 Å². The number of amides is 1. The lowest BCUT2D eigenvalue weighted by Crippen LogP contribution is -2.35. The number of nitrogens with one attached hydrogen (secondary N) is 1. The fourth-order valence-corrected chi connectivity index (χ4v) is 4.30. The van der Waals surface area contributed by atoms with Crippen LogP contribution in [0.25, 0.3) is 10.2 Å². The predicted molar refractivity (Wildman–Crippen MR) is 112 cm³/mol. The molecule has 1 amide bonds. The maximum atomic E-state index is 12.9. The molecule has 0 bridgehead atoms. The van der Waals surface area contributed by atoms with Crippen molar-refractivity contribution in [3.8, 4) is 0 Å². The summed E-state index contributed by atoms with van der Waals surface area (Å²) in [6.45, 7) is 1.66. The van der Waals surface area contributed by atoms with Crippen LogP contribution in [-0.2, 0) is 13.1 Å². The number of aromatic nitrogens is 4. The Morgan fingerprint density at radius 2 is 1.93 bits per heavy atom. The molecule has 1 aromatic carbocycles. The number of hydrogen-bond donors (Lipinski definition) is 2. The maximum absolute atomic E-state index is 12.9. The summed E-state index contributed by atoms with van der Waals surface area (Å²) in [4.78, 5) is 39.0. The van der Waals surface area contributed by atoms with E-state index in [2.05, 4.69) is 20.3 Å². The summed E-state index contributed by atoms with van der Waals surface area (Å²) in [5.74, 6) is -0.841. The number of nitrogens with zero attached hydrogens (tertiary/aromatic N) is 5. The third kappa shape index (κ3) is 3.26. The van der Waals surface area contributed by atoms with Crippen molar-refractivity contribution in [3.63, 3.8) is 0 Å². The van der Waals surface area contributed by atoms with Gasteiger partial charge in [-0.05, 0) is 24.3 Å². The molecule has 0 saturated heterocycles. The third-order valence-electron chi connectivity index (χ3n) is 4.90. The molecule has 0 radical (unpaired) electrons. The van der Waals surface area contributed by atoms with Crippen LogP contribution >= 0.6 is 11.3 Å². The second-order valence-corrected chi connectivity index (χ2v) is 7.81. The van der Waals surface area contributed by atoms with Crippen molar-refractivity contribution in [1.29, 1.82) is 0 Å². The largest absolute Gasteiger partial charge is 0.477 e. The van der Waals surface area contributed by atoms with E-state index < -0.39 is 5.97 Å². The number of hydrogen-bond acceptors (Lipinski definition) is 7. The van der Waals surface area contributed by atoms with Gasteiger partial charge in [0, 0.05) is 13.1 Å². The van der Waals surface area contributed by atoms with E-state index in [1.165, 1.54) is 17.4 Å². The van der Waals surface area contributed by atoms with E-state index >= 15 is 0 Å². The molecule has 30 heavy (non-hydrogen) atoms. The summed E-state index contributed by atoms with van der Waals surface area (Å²) in [5, 5.41) is 12.6. The number of anilines is 2. The average Bonchev–Trinajstić information content (AvgIpc) is 3.36. The number of carboxylic acid groups (broad SMARTS) is 1. The number of carboxylic acids is 1. The molecule has 9 nitrogen and oxygen atoms in total. The van der Waals surface area contributed by atoms with Gasteiger partial charge in [0.25, 0.3) is 5.91 Å². The number of thiazole rings is 1. The first kappa shape index (κ1) is 18.3. The van der Waals surface area contributed by atoms with Crippen molar-refractivity contribution in [2.45, 2.75) is 13.1 Å². The first-order valence-corrected chi connectivity index (χ1v) is 10.1. The molecule has 150 valence electrons. The summed E-state index contributed by atoms with van der Waals surface area (Å²) < 4.78 is 2.93. The minimum atomic E-state index is -1.07. The summed E-state index contributed by atoms with van der Waals surface area (Å²) in [5.41, 5.74) is 1.90. The lowest BCUT2D eigenvalue weighted by Gasteiger charge is -2.29. The van der Waals surface area contributed by atoms with E-state index in [9.17, 15) is 14.7 Å².